The molecule has 4 heteroatoms. The third-order valence-corrected chi connectivity index (χ3v) is 3.69. The molecule has 1 heterocycles. The van der Waals surface area contributed by atoms with Gasteiger partial charge in [0, 0.05) is 5.56 Å². The molecule has 0 saturated heterocycles. The summed E-state index contributed by atoms with van der Waals surface area (Å²) in [7, 11) is 0. The van der Waals surface area contributed by atoms with E-state index in [1.54, 1.807) is 10.6 Å². The van der Waals surface area contributed by atoms with Crippen LogP contribution in [0.3, 0.4) is 0 Å². The van der Waals surface area contributed by atoms with Gasteiger partial charge < -0.3 is 0 Å². The zero-order chi connectivity index (χ0) is 15.7. The Morgan fingerprint density at radius 2 is 1.91 bits per heavy atom. The minimum Gasteiger partial charge on any atom is -0.268 e. The molecule has 22 heavy (non-hydrogen) atoms. The first kappa shape index (κ1) is 14.4. The molecule has 0 aliphatic carbocycles. The number of nitrogens with zero attached hydrogens (tertiary/aromatic N) is 2. The minimum absolute atomic E-state index is 0.0563. The molecule has 0 N–H and O–H groups in total. The fraction of sp³-hybridized carbons (Fsp3) is 0.111. The van der Waals surface area contributed by atoms with Crippen LogP contribution in [-0.2, 0) is 0 Å². The van der Waals surface area contributed by atoms with Crippen molar-refractivity contribution < 1.29 is 0 Å². The molecule has 3 rings (SSSR count). The highest BCUT2D eigenvalue weighted by Gasteiger charge is 2.11. The van der Waals surface area contributed by atoms with Gasteiger partial charge in [0.2, 0.25) is 0 Å². The summed E-state index contributed by atoms with van der Waals surface area (Å²) >= 11 is 3.91. The smallest absolute Gasteiger partial charge is 0.265 e. The van der Waals surface area contributed by atoms with Crippen LogP contribution < -0.4 is 5.56 Å². The lowest BCUT2D eigenvalue weighted by molar-refractivity contribution is 0.887. The summed E-state index contributed by atoms with van der Waals surface area (Å²) in [5.41, 5.74) is 3.33. The maximum atomic E-state index is 12.8. The first-order valence-corrected chi connectivity index (χ1v) is 7.31. The van der Waals surface area contributed by atoms with Crippen molar-refractivity contribution in [3.05, 3.63) is 69.8 Å². The maximum Gasteiger partial charge on any atom is 0.265 e. The van der Waals surface area contributed by atoms with E-state index in [2.05, 4.69) is 28.8 Å². The van der Waals surface area contributed by atoms with E-state index in [1.165, 1.54) is 0 Å². The van der Waals surface area contributed by atoms with Gasteiger partial charge in [-0.05, 0) is 55.0 Å². The fourth-order valence-electron chi connectivity index (χ4n) is 2.58. The number of rotatable bonds is 1. The van der Waals surface area contributed by atoms with Crippen LogP contribution in [0.2, 0.25) is 0 Å². The molecule has 0 bridgehead atoms. The predicted octanol–water partition coefficient (Wildman–Crippen LogP) is 3.24. The van der Waals surface area contributed by atoms with Gasteiger partial charge in [0.05, 0.1) is 16.6 Å². The average Bonchev–Trinajstić information content (AvgIpc) is 2.49. The SMILES string of the molecule is Cc1cc(C#CS)ccc1-n1c(C)nc2ccccc2c1=O. The van der Waals surface area contributed by atoms with E-state index >= 15 is 0 Å². The molecule has 1 aromatic heterocycles. The van der Waals surface area contributed by atoms with E-state index in [0.29, 0.717) is 11.2 Å². The lowest BCUT2D eigenvalue weighted by atomic mass is 10.1. The van der Waals surface area contributed by atoms with Crippen LogP contribution in [0.15, 0.2) is 47.3 Å². The Morgan fingerprint density at radius 1 is 1.14 bits per heavy atom. The Hall–Kier alpha value is -2.51. The number of benzene rings is 2. The largest absolute Gasteiger partial charge is 0.268 e. The lowest BCUT2D eigenvalue weighted by Crippen LogP contribution is -2.23. The topological polar surface area (TPSA) is 34.9 Å². The molecule has 0 aliphatic heterocycles. The van der Waals surface area contributed by atoms with Crippen molar-refractivity contribution in [2.75, 3.05) is 0 Å². The third kappa shape index (κ3) is 2.40. The molecular weight excluding hydrogens is 292 g/mol. The Bertz CT molecular complexity index is 993. The number of aryl methyl sites for hydroxylation is 2. The summed E-state index contributed by atoms with van der Waals surface area (Å²) in [5.74, 6) is 3.56. The van der Waals surface area contributed by atoms with E-state index in [-0.39, 0.29) is 5.56 Å². The van der Waals surface area contributed by atoms with E-state index < -0.39 is 0 Å². The quantitative estimate of drug-likeness (QED) is 0.553. The summed E-state index contributed by atoms with van der Waals surface area (Å²) in [5, 5.41) is 3.20. The van der Waals surface area contributed by atoms with Crippen molar-refractivity contribution in [3.63, 3.8) is 0 Å². The van der Waals surface area contributed by atoms with E-state index in [0.717, 1.165) is 22.3 Å². The van der Waals surface area contributed by atoms with Crippen molar-refractivity contribution in [1.82, 2.24) is 9.55 Å². The van der Waals surface area contributed by atoms with Gasteiger partial charge in [-0.25, -0.2) is 4.98 Å². The van der Waals surface area contributed by atoms with Gasteiger partial charge in [0.15, 0.2) is 0 Å². The Balaban J connectivity index is 2.30. The summed E-state index contributed by atoms with van der Waals surface area (Å²) in [4.78, 5) is 17.3. The number of para-hydroxylation sites is 1. The van der Waals surface area contributed by atoms with Gasteiger partial charge in [-0.15, -0.1) is 0 Å². The first-order chi connectivity index (χ1) is 10.6. The van der Waals surface area contributed by atoms with E-state index in [9.17, 15) is 4.79 Å². The molecule has 3 aromatic rings. The van der Waals surface area contributed by atoms with Crippen LogP contribution in [0.25, 0.3) is 16.6 Å². The minimum atomic E-state index is -0.0563. The lowest BCUT2D eigenvalue weighted by Gasteiger charge is -2.13. The number of hydrogen-bond donors (Lipinski definition) is 1. The van der Waals surface area contributed by atoms with Crippen molar-refractivity contribution in [2.45, 2.75) is 13.8 Å². The van der Waals surface area contributed by atoms with Gasteiger partial charge in [-0.3, -0.25) is 9.36 Å². The molecule has 0 atom stereocenters. The van der Waals surface area contributed by atoms with Crippen LogP contribution in [-0.4, -0.2) is 9.55 Å². The number of aromatic nitrogens is 2. The Kier molecular flexibility index (Phi) is 3.74. The molecule has 0 saturated carbocycles. The number of fused-ring (bicyclic) bond motifs is 1. The summed E-state index contributed by atoms with van der Waals surface area (Å²) in [6.45, 7) is 3.80. The molecule has 0 spiro atoms. The maximum absolute atomic E-state index is 12.8. The van der Waals surface area contributed by atoms with Gasteiger partial charge in [0.25, 0.3) is 5.56 Å². The fourth-order valence-corrected chi connectivity index (χ4v) is 2.71. The zero-order valence-corrected chi connectivity index (χ0v) is 13.2. The molecule has 0 amide bonds. The van der Waals surface area contributed by atoms with Gasteiger partial charge in [-0.1, -0.05) is 30.7 Å². The van der Waals surface area contributed by atoms with Crippen molar-refractivity contribution in [2.24, 2.45) is 0 Å². The average molecular weight is 306 g/mol. The van der Waals surface area contributed by atoms with E-state index in [1.807, 2.05) is 50.2 Å². The Labute approximate surface area is 134 Å². The second kappa shape index (κ2) is 5.70. The molecule has 0 fully saturated rings. The highest BCUT2D eigenvalue weighted by Crippen LogP contribution is 2.17. The van der Waals surface area contributed by atoms with Crippen LogP contribution >= 0.6 is 12.6 Å². The summed E-state index contributed by atoms with van der Waals surface area (Å²) in [6, 6.07) is 13.1. The van der Waals surface area contributed by atoms with Gasteiger partial charge in [0.1, 0.15) is 5.82 Å². The van der Waals surface area contributed by atoms with Crippen LogP contribution in [0.1, 0.15) is 17.0 Å². The van der Waals surface area contributed by atoms with Gasteiger partial charge in [-0.2, -0.15) is 0 Å². The van der Waals surface area contributed by atoms with Crippen LogP contribution in [0, 0.1) is 25.0 Å². The highest BCUT2D eigenvalue weighted by atomic mass is 32.1. The first-order valence-electron chi connectivity index (χ1n) is 6.86. The summed E-state index contributed by atoms with van der Waals surface area (Å²) < 4.78 is 1.65. The molecule has 108 valence electrons. The second-order valence-electron chi connectivity index (χ2n) is 5.05. The molecule has 2 aromatic carbocycles. The third-order valence-electron chi connectivity index (χ3n) is 3.58. The predicted molar refractivity (Wildman–Crippen MR) is 92.7 cm³/mol. The van der Waals surface area contributed by atoms with E-state index in [4.69, 9.17) is 0 Å². The highest BCUT2D eigenvalue weighted by molar-refractivity contribution is 7.85. The summed E-state index contributed by atoms with van der Waals surface area (Å²) in [6.07, 6.45) is 0. The second-order valence-corrected chi connectivity index (χ2v) is 5.28. The van der Waals surface area contributed by atoms with Crippen LogP contribution in [0.4, 0.5) is 0 Å². The monoisotopic (exact) mass is 306 g/mol. The van der Waals surface area contributed by atoms with Crippen molar-refractivity contribution in [1.29, 1.82) is 0 Å². The molecular formula is C18H14N2OS. The van der Waals surface area contributed by atoms with Crippen molar-refractivity contribution in [3.8, 4) is 16.9 Å². The molecule has 3 nitrogen and oxygen atoms in total. The Morgan fingerprint density at radius 3 is 2.64 bits per heavy atom. The molecule has 0 aliphatic rings. The standard InChI is InChI=1S/C18H14N2OS/c1-12-11-14(9-10-22)7-8-17(12)20-13(2)19-16-6-4-3-5-15(16)18(20)21/h3-8,11,22H,1-2H3. The van der Waals surface area contributed by atoms with Crippen molar-refractivity contribution >= 4 is 23.5 Å². The zero-order valence-electron chi connectivity index (χ0n) is 12.3. The molecule has 0 unspecified atom stereocenters. The normalized spacial score (nSPS) is 10.3. The number of thiol groups is 1. The molecule has 0 radical (unpaired) electrons. The van der Waals surface area contributed by atoms with Crippen LogP contribution in [0.5, 0.6) is 0 Å². The number of hydrogen-bond acceptors (Lipinski definition) is 3. The van der Waals surface area contributed by atoms with Gasteiger partial charge >= 0.3 is 0 Å².